The summed E-state index contributed by atoms with van der Waals surface area (Å²) in [6.07, 6.45) is 2.05. The van der Waals surface area contributed by atoms with Crippen LogP contribution in [0.5, 0.6) is 0 Å². The van der Waals surface area contributed by atoms with Crippen LogP contribution in [0.3, 0.4) is 0 Å². The van der Waals surface area contributed by atoms with E-state index in [0.717, 1.165) is 53.7 Å². The van der Waals surface area contributed by atoms with Crippen molar-refractivity contribution < 1.29 is 0 Å². The Morgan fingerprint density at radius 1 is 0.950 bits per heavy atom. The van der Waals surface area contributed by atoms with Crippen LogP contribution in [0.15, 0.2) is 18.2 Å². The Kier molecular flexibility index (Phi) is 4.66. The van der Waals surface area contributed by atoms with E-state index >= 15 is 0 Å². The quantitative estimate of drug-likeness (QED) is 0.903. The van der Waals surface area contributed by atoms with Crippen LogP contribution in [0.25, 0.3) is 11.4 Å². The van der Waals surface area contributed by atoms with Gasteiger partial charge in [0.15, 0.2) is 5.82 Å². The molecule has 0 unspecified atom stereocenters. The minimum absolute atomic E-state index is 0.778. The lowest BCUT2D eigenvalue weighted by Crippen LogP contribution is -2.04. The summed E-state index contributed by atoms with van der Waals surface area (Å²) < 4.78 is 0. The predicted octanol–water partition coefficient (Wildman–Crippen LogP) is 3.54. The Bertz CT molecular complexity index is 549. The van der Waals surface area contributed by atoms with Gasteiger partial charge in [0.2, 0.25) is 0 Å². The Hall–Kier alpha value is -1.97. The molecule has 4 nitrogen and oxygen atoms in total. The second kappa shape index (κ2) is 6.46. The molecule has 0 aliphatic rings. The molecule has 0 bridgehead atoms. The summed E-state index contributed by atoms with van der Waals surface area (Å²) in [5.41, 5.74) is 4.11. The molecule has 0 aliphatic heterocycles. The van der Waals surface area contributed by atoms with Crippen LogP contribution in [0.4, 0.5) is 5.82 Å². The van der Waals surface area contributed by atoms with Crippen molar-refractivity contribution in [3.8, 4) is 11.4 Å². The number of pyridine rings is 1. The molecule has 106 valence electrons. The first-order valence-corrected chi connectivity index (χ1v) is 7.20. The highest BCUT2D eigenvalue weighted by Gasteiger charge is 2.08. The van der Waals surface area contributed by atoms with Gasteiger partial charge in [0.05, 0.1) is 0 Å². The third-order valence-electron chi connectivity index (χ3n) is 2.98. The van der Waals surface area contributed by atoms with E-state index in [2.05, 4.69) is 34.1 Å². The van der Waals surface area contributed by atoms with Gasteiger partial charge in [-0.25, -0.2) is 9.97 Å². The van der Waals surface area contributed by atoms with Crippen LogP contribution < -0.4 is 5.32 Å². The first-order valence-electron chi connectivity index (χ1n) is 7.20. The molecule has 4 heteroatoms. The number of nitrogens with one attached hydrogen (secondary N) is 1. The highest BCUT2D eigenvalue weighted by Crippen LogP contribution is 2.20. The maximum Gasteiger partial charge on any atom is 0.161 e. The Balaban J connectivity index is 2.48. The zero-order chi connectivity index (χ0) is 14.5. The second-order valence-corrected chi connectivity index (χ2v) is 4.99. The van der Waals surface area contributed by atoms with Crippen molar-refractivity contribution in [2.75, 3.05) is 11.9 Å². The fourth-order valence-electron chi connectivity index (χ4n) is 2.25. The summed E-state index contributed by atoms with van der Waals surface area (Å²) in [6.45, 7) is 9.09. The highest BCUT2D eigenvalue weighted by atomic mass is 15.0. The summed E-state index contributed by atoms with van der Waals surface area (Å²) in [5, 5.41) is 3.28. The Labute approximate surface area is 120 Å². The number of aromatic nitrogens is 3. The van der Waals surface area contributed by atoms with E-state index in [0.29, 0.717) is 0 Å². The van der Waals surface area contributed by atoms with Gasteiger partial charge in [0.25, 0.3) is 0 Å². The highest BCUT2D eigenvalue weighted by molar-refractivity contribution is 5.58. The van der Waals surface area contributed by atoms with E-state index in [1.807, 2.05) is 32.0 Å². The standard InChI is InChI=1S/C16H22N4/c1-5-7-14-10-15(17-6-2)20-16(19-14)13-8-11(3)18-12(4)9-13/h8-10H,5-7H2,1-4H3,(H,17,19,20). The Morgan fingerprint density at radius 2 is 1.65 bits per heavy atom. The molecule has 0 spiro atoms. The minimum atomic E-state index is 0.778. The van der Waals surface area contributed by atoms with Crippen molar-refractivity contribution in [3.05, 3.63) is 35.3 Å². The zero-order valence-electron chi connectivity index (χ0n) is 12.7. The average Bonchev–Trinajstić information content (AvgIpc) is 2.38. The third kappa shape index (κ3) is 3.53. The van der Waals surface area contributed by atoms with Crippen molar-refractivity contribution in [2.45, 2.75) is 40.5 Å². The maximum absolute atomic E-state index is 4.68. The van der Waals surface area contributed by atoms with Crippen LogP contribution in [0.2, 0.25) is 0 Å². The monoisotopic (exact) mass is 270 g/mol. The van der Waals surface area contributed by atoms with Gasteiger partial charge in [-0.15, -0.1) is 0 Å². The molecule has 2 heterocycles. The lowest BCUT2D eigenvalue weighted by atomic mass is 10.1. The van der Waals surface area contributed by atoms with Crippen LogP contribution in [-0.4, -0.2) is 21.5 Å². The molecule has 0 saturated heterocycles. The molecule has 1 N–H and O–H groups in total. The van der Waals surface area contributed by atoms with Gasteiger partial charge < -0.3 is 5.32 Å². The summed E-state index contributed by atoms with van der Waals surface area (Å²) in [4.78, 5) is 13.7. The second-order valence-electron chi connectivity index (χ2n) is 4.99. The fourth-order valence-corrected chi connectivity index (χ4v) is 2.25. The van der Waals surface area contributed by atoms with E-state index in [-0.39, 0.29) is 0 Å². The van der Waals surface area contributed by atoms with Crippen molar-refractivity contribution in [3.63, 3.8) is 0 Å². The molecule has 0 fully saturated rings. The topological polar surface area (TPSA) is 50.7 Å². The molecule has 2 aromatic heterocycles. The van der Waals surface area contributed by atoms with Crippen LogP contribution >= 0.6 is 0 Å². The van der Waals surface area contributed by atoms with Crippen LogP contribution in [-0.2, 0) is 6.42 Å². The largest absolute Gasteiger partial charge is 0.370 e. The van der Waals surface area contributed by atoms with E-state index in [4.69, 9.17) is 0 Å². The number of aryl methyl sites for hydroxylation is 3. The van der Waals surface area contributed by atoms with Crippen LogP contribution in [0.1, 0.15) is 37.4 Å². The first kappa shape index (κ1) is 14.4. The number of hydrogen-bond donors (Lipinski definition) is 1. The molecule has 0 radical (unpaired) electrons. The predicted molar refractivity (Wildman–Crippen MR) is 82.9 cm³/mol. The smallest absolute Gasteiger partial charge is 0.161 e. The molecular weight excluding hydrogens is 248 g/mol. The molecule has 2 rings (SSSR count). The number of hydrogen-bond acceptors (Lipinski definition) is 4. The molecule has 20 heavy (non-hydrogen) atoms. The first-order chi connectivity index (χ1) is 9.62. The van der Waals surface area contributed by atoms with E-state index < -0.39 is 0 Å². The molecule has 0 amide bonds. The molecule has 0 atom stereocenters. The number of rotatable bonds is 5. The van der Waals surface area contributed by atoms with E-state index in [9.17, 15) is 0 Å². The van der Waals surface area contributed by atoms with Gasteiger partial charge in [-0.2, -0.15) is 0 Å². The van der Waals surface area contributed by atoms with Gasteiger partial charge in [-0.3, -0.25) is 4.98 Å². The van der Waals surface area contributed by atoms with Gasteiger partial charge >= 0.3 is 0 Å². The molecule has 0 aliphatic carbocycles. The average molecular weight is 270 g/mol. The third-order valence-corrected chi connectivity index (χ3v) is 2.98. The number of anilines is 1. The van der Waals surface area contributed by atoms with Crippen LogP contribution in [0, 0.1) is 13.8 Å². The van der Waals surface area contributed by atoms with E-state index in [1.54, 1.807) is 0 Å². The molecule has 2 aromatic rings. The van der Waals surface area contributed by atoms with Crippen molar-refractivity contribution in [2.24, 2.45) is 0 Å². The van der Waals surface area contributed by atoms with Gasteiger partial charge in [0.1, 0.15) is 5.82 Å². The molecular formula is C16H22N4. The fraction of sp³-hybridized carbons (Fsp3) is 0.438. The maximum atomic E-state index is 4.68. The molecule has 0 aromatic carbocycles. The van der Waals surface area contributed by atoms with Crippen molar-refractivity contribution >= 4 is 5.82 Å². The zero-order valence-corrected chi connectivity index (χ0v) is 12.7. The van der Waals surface area contributed by atoms with Crippen molar-refractivity contribution in [1.82, 2.24) is 15.0 Å². The lowest BCUT2D eigenvalue weighted by Gasteiger charge is -2.09. The lowest BCUT2D eigenvalue weighted by molar-refractivity contribution is 0.874. The SMILES string of the molecule is CCCc1cc(NCC)nc(-c2cc(C)nc(C)c2)n1. The van der Waals surface area contributed by atoms with Gasteiger partial charge in [-0.1, -0.05) is 13.3 Å². The normalized spacial score (nSPS) is 10.6. The molecule has 0 saturated carbocycles. The minimum Gasteiger partial charge on any atom is -0.370 e. The summed E-state index contributed by atoms with van der Waals surface area (Å²) in [5.74, 6) is 1.67. The van der Waals surface area contributed by atoms with E-state index in [1.165, 1.54) is 0 Å². The summed E-state index contributed by atoms with van der Waals surface area (Å²) >= 11 is 0. The number of nitrogens with zero attached hydrogens (tertiary/aromatic N) is 3. The van der Waals surface area contributed by atoms with Gasteiger partial charge in [-0.05, 0) is 39.3 Å². The summed E-state index contributed by atoms with van der Waals surface area (Å²) in [6, 6.07) is 6.11. The summed E-state index contributed by atoms with van der Waals surface area (Å²) in [7, 11) is 0. The Morgan fingerprint density at radius 3 is 2.25 bits per heavy atom. The van der Waals surface area contributed by atoms with Crippen molar-refractivity contribution in [1.29, 1.82) is 0 Å². The van der Waals surface area contributed by atoms with Gasteiger partial charge in [0, 0.05) is 35.3 Å².